The number of benzene rings is 2. The van der Waals surface area contributed by atoms with Crippen LogP contribution in [0, 0.1) is 0 Å². The van der Waals surface area contributed by atoms with Gasteiger partial charge in [0.15, 0.2) is 29.6 Å². The van der Waals surface area contributed by atoms with Crippen LogP contribution in [-0.2, 0) is 4.79 Å². The lowest BCUT2D eigenvalue weighted by atomic mass is 10.2. The van der Waals surface area contributed by atoms with E-state index < -0.39 is 0 Å². The average Bonchev–Trinajstić information content (AvgIpc) is 2.76. The lowest BCUT2D eigenvalue weighted by Gasteiger charge is -2.11. The summed E-state index contributed by atoms with van der Waals surface area (Å²) in [5.41, 5.74) is 3.20. The van der Waals surface area contributed by atoms with Gasteiger partial charge in [0.1, 0.15) is 0 Å². The van der Waals surface area contributed by atoms with E-state index in [-0.39, 0.29) is 12.5 Å². The summed E-state index contributed by atoms with van der Waals surface area (Å²) in [6.07, 6.45) is 4.81. The van der Waals surface area contributed by atoms with Crippen molar-refractivity contribution in [1.82, 2.24) is 5.43 Å². The van der Waals surface area contributed by atoms with Crippen LogP contribution in [0.2, 0.25) is 0 Å². The van der Waals surface area contributed by atoms with E-state index in [1.807, 2.05) is 18.2 Å². The molecule has 1 N–H and O–H groups in total. The molecule has 0 saturated heterocycles. The predicted molar refractivity (Wildman–Crippen MR) is 112 cm³/mol. The van der Waals surface area contributed by atoms with E-state index in [0.717, 1.165) is 24.8 Å². The largest absolute Gasteiger partial charge is 0.493 e. The highest BCUT2D eigenvalue weighted by molar-refractivity contribution is 5.83. The lowest BCUT2D eigenvalue weighted by Crippen LogP contribution is -2.24. The van der Waals surface area contributed by atoms with Crippen molar-refractivity contribution in [3.05, 3.63) is 48.0 Å². The Hall–Kier alpha value is -3.22. The quantitative estimate of drug-likeness (QED) is 0.333. The van der Waals surface area contributed by atoms with E-state index in [2.05, 4.69) is 17.5 Å². The van der Waals surface area contributed by atoms with E-state index in [9.17, 15) is 4.79 Å². The van der Waals surface area contributed by atoms with Gasteiger partial charge in [0, 0.05) is 0 Å². The Labute approximate surface area is 171 Å². The smallest absolute Gasteiger partial charge is 0.277 e. The van der Waals surface area contributed by atoms with Gasteiger partial charge in [-0.3, -0.25) is 4.79 Å². The SMILES string of the molecule is CCCCCOc1ccc(/C=N/NC(=O)COc2ccccc2OC)cc1OC. The van der Waals surface area contributed by atoms with Crippen LogP contribution in [0.1, 0.15) is 31.7 Å². The third kappa shape index (κ3) is 7.37. The number of nitrogens with zero attached hydrogens (tertiary/aromatic N) is 1. The Morgan fingerprint density at radius 3 is 2.41 bits per heavy atom. The van der Waals surface area contributed by atoms with Crippen LogP contribution in [0.15, 0.2) is 47.6 Å². The topological polar surface area (TPSA) is 78.4 Å². The second-order valence-corrected chi connectivity index (χ2v) is 6.20. The first-order valence-electron chi connectivity index (χ1n) is 9.56. The summed E-state index contributed by atoms with van der Waals surface area (Å²) in [6.45, 7) is 2.63. The number of hydrogen-bond acceptors (Lipinski definition) is 6. The minimum absolute atomic E-state index is 0.175. The molecule has 7 heteroatoms. The maximum Gasteiger partial charge on any atom is 0.277 e. The van der Waals surface area contributed by atoms with Gasteiger partial charge < -0.3 is 18.9 Å². The molecule has 0 fully saturated rings. The standard InChI is InChI=1S/C22H28N2O5/c1-4-5-8-13-28-20-12-11-17(14-21(20)27-3)15-23-24-22(25)16-29-19-10-7-6-9-18(19)26-2/h6-7,9-12,14-15H,4-5,8,13,16H2,1-3H3,(H,24,25)/b23-15+. The molecule has 2 aromatic rings. The van der Waals surface area contributed by atoms with E-state index in [4.69, 9.17) is 18.9 Å². The van der Waals surface area contributed by atoms with E-state index >= 15 is 0 Å². The first-order valence-corrected chi connectivity index (χ1v) is 9.56. The van der Waals surface area contributed by atoms with Gasteiger partial charge in [-0.1, -0.05) is 31.9 Å². The van der Waals surface area contributed by atoms with Crippen LogP contribution >= 0.6 is 0 Å². The first-order chi connectivity index (χ1) is 14.2. The Morgan fingerprint density at radius 1 is 0.966 bits per heavy atom. The molecule has 0 heterocycles. The summed E-state index contributed by atoms with van der Waals surface area (Å²) in [5.74, 6) is 1.99. The normalized spacial score (nSPS) is 10.6. The molecule has 0 bridgehead atoms. The van der Waals surface area contributed by atoms with Crippen molar-refractivity contribution < 1.29 is 23.7 Å². The highest BCUT2D eigenvalue weighted by Crippen LogP contribution is 2.28. The maximum absolute atomic E-state index is 11.9. The molecule has 29 heavy (non-hydrogen) atoms. The minimum Gasteiger partial charge on any atom is -0.493 e. The number of para-hydroxylation sites is 2. The minimum atomic E-state index is -0.380. The number of ether oxygens (including phenoxy) is 4. The zero-order valence-corrected chi connectivity index (χ0v) is 17.1. The highest BCUT2D eigenvalue weighted by atomic mass is 16.5. The Balaban J connectivity index is 1.84. The fraction of sp³-hybridized carbons (Fsp3) is 0.364. The van der Waals surface area contributed by atoms with Gasteiger partial charge in [0.05, 0.1) is 27.0 Å². The van der Waals surface area contributed by atoms with Gasteiger partial charge >= 0.3 is 0 Å². The van der Waals surface area contributed by atoms with Crippen LogP contribution in [0.25, 0.3) is 0 Å². The van der Waals surface area contributed by atoms with Gasteiger partial charge in [-0.05, 0) is 42.3 Å². The predicted octanol–water partition coefficient (Wildman–Crippen LogP) is 3.80. The second kappa shape index (κ2) is 12.3. The van der Waals surface area contributed by atoms with Crippen LogP contribution in [0.3, 0.4) is 0 Å². The third-order valence-corrected chi connectivity index (χ3v) is 4.02. The fourth-order valence-electron chi connectivity index (χ4n) is 2.51. The third-order valence-electron chi connectivity index (χ3n) is 4.02. The lowest BCUT2D eigenvalue weighted by molar-refractivity contribution is -0.123. The number of carbonyl (C=O) groups is 1. The molecule has 0 atom stereocenters. The Kier molecular flexibility index (Phi) is 9.35. The average molecular weight is 400 g/mol. The van der Waals surface area contributed by atoms with Crippen molar-refractivity contribution in [1.29, 1.82) is 0 Å². The molecule has 7 nitrogen and oxygen atoms in total. The van der Waals surface area contributed by atoms with Crippen LogP contribution < -0.4 is 24.4 Å². The Bertz CT molecular complexity index is 808. The van der Waals surface area contributed by atoms with E-state index in [1.54, 1.807) is 38.5 Å². The van der Waals surface area contributed by atoms with Crippen molar-refractivity contribution in [2.45, 2.75) is 26.2 Å². The van der Waals surface area contributed by atoms with Crippen molar-refractivity contribution in [3.8, 4) is 23.0 Å². The first kappa shape index (κ1) is 22.1. The molecule has 2 rings (SSSR count). The summed E-state index contributed by atoms with van der Waals surface area (Å²) in [6, 6.07) is 12.6. The molecule has 2 aromatic carbocycles. The van der Waals surface area contributed by atoms with E-state index in [0.29, 0.717) is 29.6 Å². The number of hydrogen-bond donors (Lipinski definition) is 1. The van der Waals surface area contributed by atoms with Crippen molar-refractivity contribution >= 4 is 12.1 Å². The summed E-state index contributed by atoms with van der Waals surface area (Å²) >= 11 is 0. The number of unbranched alkanes of at least 4 members (excludes halogenated alkanes) is 2. The summed E-state index contributed by atoms with van der Waals surface area (Å²) in [4.78, 5) is 11.9. The van der Waals surface area contributed by atoms with Crippen LogP contribution in [0.4, 0.5) is 0 Å². The zero-order valence-electron chi connectivity index (χ0n) is 17.1. The summed E-state index contributed by atoms with van der Waals surface area (Å²) in [5, 5.41) is 3.96. The Morgan fingerprint density at radius 2 is 1.69 bits per heavy atom. The van der Waals surface area contributed by atoms with Gasteiger partial charge in [-0.15, -0.1) is 0 Å². The summed E-state index contributed by atoms with van der Waals surface area (Å²) < 4.78 is 21.8. The molecule has 0 aliphatic rings. The molecule has 0 aromatic heterocycles. The number of amides is 1. The molecule has 0 unspecified atom stereocenters. The highest BCUT2D eigenvalue weighted by Gasteiger charge is 2.07. The molecule has 0 saturated carbocycles. The van der Waals surface area contributed by atoms with Crippen molar-refractivity contribution in [3.63, 3.8) is 0 Å². The molecule has 156 valence electrons. The molecular weight excluding hydrogens is 372 g/mol. The number of nitrogens with one attached hydrogen (secondary N) is 1. The van der Waals surface area contributed by atoms with Crippen molar-refractivity contribution in [2.24, 2.45) is 5.10 Å². The maximum atomic E-state index is 11.9. The number of rotatable bonds is 12. The molecule has 0 aliphatic carbocycles. The molecule has 0 radical (unpaired) electrons. The molecule has 1 amide bonds. The van der Waals surface area contributed by atoms with Gasteiger partial charge in [0.2, 0.25) is 0 Å². The number of hydrazone groups is 1. The molecular formula is C22H28N2O5. The summed E-state index contributed by atoms with van der Waals surface area (Å²) in [7, 11) is 3.13. The van der Waals surface area contributed by atoms with Crippen LogP contribution in [-0.4, -0.2) is 39.6 Å². The van der Waals surface area contributed by atoms with Gasteiger partial charge in [-0.2, -0.15) is 5.10 Å². The molecule has 0 spiro atoms. The van der Waals surface area contributed by atoms with Gasteiger partial charge in [0.25, 0.3) is 5.91 Å². The fourth-order valence-corrected chi connectivity index (χ4v) is 2.51. The second-order valence-electron chi connectivity index (χ2n) is 6.20. The van der Waals surface area contributed by atoms with Gasteiger partial charge in [-0.25, -0.2) is 5.43 Å². The zero-order chi connectivity index (χ0) is 20.9. The van der Waals surface area contributed by atoms with Crippen LogP contribution in [0.5, 0.6) is 23.0 Å². The van der Waals surface area contributed by atoms with E-state index in [1.165, 1.54) is 6.21 Å². The number of carbonyl (C=O) groups excluding carboxylic acids is 1. The monoisotopic (exact) mass is 400 g/mol. The molecule has 0 aliphatic heterocycles. The van der Waals surface area contributed by atoms with Crippen molar-refractivity contribution in [2.75, 3.05) is 27.4 Å². The number of methoxy groups -OCH3 is 2.